The standard InChI is InChI=1S/C29H34N6O/c36-28(29(15-4-16-31-29)23-5-2-1-3-6-23)34-24-11-8-21(9-12-24)7-10-22-18-30-27-14-13-25(17-26(22)27)35-19-32-33-20-35/h1-3,5-6,13-14,17-21,24,30-31H,4,7-12,15-16H2,(H,34,36)/t21?,24?,29-/m1/s1. The summed E-state index contributed by atoms with van der Waals surface area (Å²) < 4.78 is 1.94. The van der Waals surface area contributed by atoms with Crippen LogP contribution in [0.2, 0.25) is 0 Å². The Morgan fingerprint density at radius 3 is 2.61 bits per heavy atom. The number of amides is 1. The van der Waals surface area contributed by atoms with Gasteiger partial charge >= 0.3 is 0 Å². The first kappa shape index (κ1) is 23.0. The van der Waals surface area contributed by atoms with E-state index in [-0.39, 0.29) is 11.9 Å². The topological polar surface area (TPSA) is 87.6 Å². The molecule has 0 radical (unpaired) electrons. The van der Waals surface area contributed by atoms with Crippen molar-refractivity contribution in [3.05, 3.63) is 78.5 Å². The summed E-state index contributed by atoms with van der Waals surface area (Å²) in [6.07, 6.45) is 14.2. The Hall–Kier alpha value is -3.45. The van der Waals surface area contributed by atoms with E-state index in [9.17, 15) is 4.79 Å². The third-order valence-electron chi connectivity index (χ3n) is 8.28. The maximum atomic E-state index is 13.4. The molecule has 1 amide bonds. The van der Waals surface area contributed by atoms with E-state index >= 15 is 0 Å². The van der Waals surface area contributed by atoms with Gasteiger partial charge in [-0.2, -0.15) is 0 Å². The molecule has 1 saturated heterocycles. The van der Waals surface area contributed by atoms with E-state index in [1.54, 1.807) is 12.7 Å². The highest BCUT2D eigenvalue weighted by Crippen LogP contribution is 2.34. The molecule has 0 spiro atoms. The fraction of sp³-hybridized carbons (Fsp3) is 0.414. The summed E-state index contributed by atoms with van der Waals surface area (Å²) in [4.78, 5) is 16.9. The molecule has 1 atom stereocenters. The minimum Gasteiger partial charge on any atom is -0.361 e. The lowest BCUT2D eigenvalue weighted by atomic mass is 9.81. The van der Waals surface area contributed by atoms with E-state index in [1.165, 1.54) is 35.7 Å². The van der Waals surface area contributed by atoms with Gasteiger partial charge in [0.05, 0.1) is 0 Å². The minimum absolute atomic E-state index is 0.150. The number of fused-ring (bicyclic) bond motifs is 1. The lowest BCUT2D eigenvalue weighted by molar-refractivity contribution is -0.128. The van der Waals surface area contributed by atoms with Crippen molar-refractivity contribution in [1.29, 1.82) is 0 Å². The van der Waals surface area contributed by atoms with Crippen LogP contribution in [0.25, 0.3) is 16.6 Å². The van der Waals surface area contributed by atoms with Crippen molar-refractivity contribution >= 4 is 16.8 Å². The van der Waals surface area contributed by atoms with Crippen LogP contribution in [0.5, 0.6) is 0 Å². The van der Waals surface area contributed by atoms with Crippen molar-refractivity contribution in [1.82, 2.24) is 30.4 Å². The molecule has 2 aromatic heterocycles. The first-order valence-electron chi connectivity index (χ1n) is 13.3. The molecule has 186 valence electrons. The third kappa shape index (κ3) is 4.44. The molecule has 2 aromatic carbocycles. The summed E-state index contributed by atoms with van der Waals surface area (Å²) in [6.45, 7) is 0.892. The average molecular weight is 483 g/mol. The van der Waals surface area contributed by atoms with E-state index in [0.29, 0.717) is 5.92 Å². The summed E-state index contributed by atoms with van der Waals surface area (Å²) in [5.74, 6) is 0.856. The first-order valence-corrected chi connectivity index (χ1v) is 13.3. The highest BCUT2D eigenvalue weighted by molar-refractivity contribution is 5.88. The van der Waals surface area contributed by atoms with Crippen LogP contribution in [0.3, 0.4) is 0 Å². The van der Waals surface area contributed by atoms with Gasteiger partial charge in [-0.3, -0.25) is 14.7 Å². The van der Waals surface area contributed by atoms with Gasteiger partial charge in [-0.05, 0) is 93.2 Å². The molecular weight excluding hydrogens is 448 g/mol. The second-order valence-electron chi connectivity index (χ2n) is 10.4. The van der Waals surface area contributed by atoms with Gasteiger partial charge in [0.15, 0.2) is 0 Å². The van der Waals surface area contributed by atoms with E-state index < -0.39 is 5.54 Å². The lowest BCUT2D eigenvalue weighted by Gasteiger charge is -2.34. The molecule has 2 fully saturated rings. The second-order valence-corrected chi connectivity index (χ2v) is 10.4. The first-order chi connectivity index (χ1) is 17.7. The number of benzene rings is 2. The van der Waals surface area contributed by atoms with Gasteiger partial charge in [-0.15, -0.1) is 10.2 Å². The predicted octanol–water partition coefficient (Wildman–Crippen LogP) is 4.64. The van der Waals surface area contributed by atoms with E-state index in [4.69, 9.17) is 0 Å². The smallest absolute Gasteiger partial charge is 0.245 e. The Morgan fingerprint density at radius 2 is 1.86 bits per heavy atom. The van der Waals surface area contributed by atoms with Gasteiger partial charge in [0.2, 0.25) is 5.91 Å². The third-order valence-corrected chi connectivity index (χ3v) is 8.28. The highest BCUT2D eigenvalue weighted by atomic mass is 16.2. The molecular formula is C29H34N6O. The summed E-state index contributed by atoms with van der Waals surface area (Å²) in [5, 5.41) is 16.1. The number of hydrogen-bond acceptors (Lipinski definition) is 4. The van der Waals surface area contributed by atoms with Crippen molar-refractivity contribution in [2.24, 2.45) is 5.92 Å². The maximum Gasteiger partial charge on any atom is 0.245 e. The van der Waals surface area contributed by atoms with Crippen molar-refractivity contribution in [3.63, 3.8) is 0 Å². The molecule has 2 aliphatic rings. The lowest BCUT2D eigenvalue weighted by Crippen LogP contribution is -2.54. The van der Waals surface area contributed by atoms with Crippen LogP contribution in [0.4, 0.5) is 0 Å². The Morgan fingerprint density at radius 1 is 1.06 bits per heavy atom. The zero-order valence-electron chi connectivity index (χ0n) is 20.6. The van der Waals surface area contributed by atoms with Crippen molar-refractivity contribution in [3.8, 4) is 5.69 Å². The Bertz CT molecular complexity index is 1300. The number of nitrogens with zero attached hydrogens (tertiary/aromatic N) is 3. The number of aromatic nitrogens is 4. The SMILES string of the molecule is O=C(NC1CCC(CCc2c[nH]c3ccc(-n4cnnc4)cc23)CC1)[C@]1(c2ccccc2)CCCN1. The van der Waals surface area contributed by atoms with Crippen molar-refractivity contribution in [2.75, 3.05) is 6.54 Å². The Kier molecular flexibility index (Phi) is 6.32. The molecule has 1 saturated carbocycles. The largest absolute Gasteiger partial charge is 0.361 e. The molecule has 36 heavy (non-hydrogen) atoms. The summed E-state index contributed by atoms with van der Waals surface area (Å²) in [7, 11) is 0. The molecule has 4 aromatic rings. The maximum absolute atomic E-state index is 13.4. The highest BCUT2D eigenvalue weighted by Gasteiger charge is 2.43. The summed E-state index contributed by atoms with van der Waals surface area (Å²) in [6, 6.07) is 16.9. The number of nitrogens with one attached hydrogen (secondary N) is 3. The van der Waals surface area contributed by atoms with Gasteiger partial charge < -0.3 is 10.3 Å². The van der Waals surface area contributed by atoms with E-state index in [0.717, 1.165) is 49.9 Å². The van der Waals surface area contributed by atoms with Crippen LogP contribution in [-0.4, -0.2) is 38.2 Å². The van der Waals surface area contributed by atoms with Crippen LogP contribution in [0.15, 0.2) is 67.4 Å². The fourth-order valence-electron chi connectivity index (χ4n) is 6.17. The van der Waals surface area contributed by atoms with Crippen LogP contribution >= 0.6 is 0 Å². The molecule has 0 unspecified atom stereocenters. The number of carbonyl (C=O) groups is 1. The molecule has 1 aliphatic carbocycles. The van der Waals surface area contributed by atoms with E-state index in [2.05, 4.69) is 62.3 Å². The van der Waals surface area contributed by atoms with Crippen LogP contribution in [0.1, 0.15) is 56.1 Å². The van der Waals surface area contributed by atoms with Gasteiger partial charge in [0.25, 0.3) is 0 Å². The number of aryl methyl sites for hydroxylation is 1. The fourth-order valence-corrected chi connectivity index (χ4v) is 6.17. The molecule has 6 rings (SSSR count). The Labute approximate surface area is 211 Å². The molecule has 7 nitrogen and oxygen atoms in total. The van der Waals surface area contributed by atoms with Gasteiger partial charge in [-0.1, -0.05) is 30.3 Å². The van der Waals surface area contributed by atoms with Crippen molar-refractivity contribution < 1.29 is 4.79 Å². The van der Waals surface area contributed by atoms with Gasteiger partial charge in [0.1, 0.15) is 18.2 Å². The van der Waals surface area contributed by atoms with Gasteiger partial charge in [0, 0.05) is 28.8 Å². The number of carbonyl (C=O) groups excluding carboxylic acids is 1. The predicted molar refractivity (Wildman–Crippen MR) is 141 cm³/mol. The van der Waals surface area contributed by atoms with Gasteiger partial charge in [-0.25, -0.2) is 0 Å². The normalized spacial score (nSPS) is 24.2. The van der Waals surface area contributed by atoms with E-state index in [1.807, 2.05) is 22.8 Å². The average Bonchev–Trinajstić information content (AvgIpc) is 3.70. The molecule has 1 aliphatic heterocycles. The number of rotatable bonds is 7. The zero-order valence-corrected chi connectivity index (χ0v) is 20.6. The van der Waals surface area contributed by atoms with Crippen LogP contribution in [0, 0.1) is 5.92 Å². The van der Waals surface area contributed by atoms with Crippen LogP contribution < -0.4 is 10.6 Å². The zero-order chi connectivity index (χ0) is 24.4. The number of aromatic amines is 1. The molecule has 0 bridgehead atoms. The Balaban J connectivity index is 1.05. The number of H-pyrrole nitrogens is 1. The number of hydrogen-bond donors (Lipinski definition) is 3. The summed E-state index contributed by atoms with van der Waals surface area (Å²) in [5.41, 5.74) is 4.13. The van der Waals surface area contributed by atoms with Crippen molar-refractivity contribution in [2.45, 2.75) is 62.9 Å². The summed E-state index contributed by atoms with van der Waals surface area (Å²) >= 11 is 0. The second kappa shape index (κ2) is 9.90. The minimum atomic E-state index is -0.570. The molecule has 7 heteroatoms. The van der Waals surface area contributed by atoms with Crippen LogP contribution in [-0.2, 0) is 16.8 Å². The quantitative estimate of drug-likeness (QED) is 0.358. The molecule has 3 heterocycles. The molecule has 3 N–H and O–H groups in total. The monoisotopic (exact) mass is 482 g/mol.